The van der Waals surface area contributed by atoms with Gasteiger partial charge in [0.25, 0.3) is 0 Å². The summed E-state index contributed by atoms with van der Waals surface area (Å²) in [6.07, 6.45) is 1.40. The second-order valence-corrected chi connectivity index (χ2v) is 6.77. The van der Waals surface area contributed by atoms with E-state index in [9.17, 15) is 22.0 Å². The molecule has 1 rings (SSSR count). The first-order chi connectivity index (χ1) is 7.83. The van der Waals surface area contributed by atoms with E-state index >= 15 is 0 Å². The lowest BCUT2D eigenvalue weighted by molar-refractivity contribution is 0.112. The highest BCUT2D eigenvalue weighted by Gasteiger charge is 2.12. The van der Waals surface area contributed by atoms with Crippen molar-refractivity contribution in [3.8, 4) is 0 Å². The van der Waals surface area contributed by atoms with Gasteiger partial charge in [-0.2, -0.15) is 0 Å². The van der Waals surface area contributed by atoms with Crippen LogP contribution >= 0.6 is 11.8 Å². The zero-order valence-electron chi connectivity index (χ0n) is 8.94. The van der Waals surface area contributed by atoms with E-state index in [2.05, 4.69) is 0 Å². The topological polar surface area (TPSA) is 51.2 Å². The molecule has 0 spiro atoms. The van der Waals surface area contributed by atoms with Crippen LogP contribution in [0.5, 0.6) is 0 Å². The molecule has 0 aliphatic carbocycles. The lowest BCUT2D eigenvalue weighted by atomic mass is 10.2. The van der Waals surface area contributed by atoms with Crippen LogP contribution in [0.25, 0.3) is 0 Å². The van der Waals surface area contributed by atoms with Gasteiger partial charge in [0.1, 0.15) is 27.8 Å². The number of carbonyl (C=O) groups excluding carboxylic acids is 1. The molecule has 0 aliphatic heterocycles. The molecule has 1 aromatic carbocycles. The minimum atomic E-state index is -3.15. The fourth-order valence-corrected chi connectivity index (χ4v) is 3.22. The van der Waals surface area contributed by atoms with Crippen molar-refractivity contribution in [2.75, 3.05) is 17.8 Å². The van der Waals surface area contributed by atoms with E-state index in [0.29, 0.717) is 6.29 Å². The average molecular weight is 280 g/mol. The molecule has 0 bridgehead atoms. The molecule has 0 N–H and O–H groups in total. The van der Waals surface area contributed by atoms with Crippen LogP contribution < -0.4 is 0 Å². The summed E-state index contributed by atoms with van der Waals surface area (Å²) in [7, 11) is -3.15. The molecule has 0 amide bonds. The molecule has 1 aromatic rings. The van der Waals surface area contributed by atoms with Crippen molar-refractivity contribution >= 4 is 27.9 Å². The Kier molecular flexibility index (Phi) is 4.64. The van der Waals surface area contributed by atoms with Gasteiger partial charge in [0, 0.05) is 17.6 Å². The molecular weight excluding hydrogens is 270 g/mol. The van der Waals surface area contributed by atoms with E-state index in [1.54, 1.807) is 0 Å². The molecule has 3 nitrogen and oxygen atoms in total. The van der Waals surface area contributed by atoms with Crippen LogP contribution in [0.2, 0.25) is 0 Å². The summed E-state index contributed by atoms with van der Waals surface area (Å²) >= 11 is 0.775. The molecule has 0 saturated carbocycles. The lowest BCUT2D eigenvalue weighted by Gasteiger charge is -2.05. The van der Waals surface area contributed by atoms with E-state index in [1.807, 2.05) is 0 Å². The number of sulfone groups is 1. The predicted octanol–water partition coefficient (Wildman–Crippen LogP) is 1.91. The highest BCUT2D eigenvalue weighted by Crippen LogP contribution is 2.26. The van der Waals surface area contributed by atoms with Crippen LogP contribution in [0, 0.1) is 11.6 Å². The quantitative estimate of drug-likeness (QED) is 0.611. The second kappa shape index (κ2) is 5.59. The maximum atomic E-state index is 13.3. The lowest BCUT2D eigenvalue weighted by Crippen LogP contribution is -2.05. The summed E-state index contributed by atoms with van der Waals surface area (Å²) < 4.78 is 48.4. The van der Waals surface area contributed by atoms with E-state index in [4.69, 9.17) is 0 Å². The van der Waals surface area contributed by atoms with Gasteiger partial charge in [-0.05, 0) is 12.1 Å². The largest absolute Gasteiger partial charge is 0.298 e. The van der Waals surface area contributed by atoms with Crippen molar-refractivity contribution in [1.82, 2.24) is 0 Å². The Hall–Kier alpha value is -0.950. The fraction of sp³-hybridized carbons (Fsp3) is 0.300. The van der Waals surface area contributed by atoms with Gasteiger partial charge in [0.05, 0.1) is 10.6 Å². The Morgan fingerprint density at radius 3 is 2.24 bits per heavy atom. The molecule has 0 heterocycles. The van der Waals surface area contributed by atoms with Gasteiger partial charge in [-0.3, -0.25) is 4.79 Å². The summed E-state index contributed by atoms with van der Waals surface area (Å²) in [5, 5.41) is 0. The normalized spacial score (nSPS) is 11.5. The number of aldehydes is 1. The monoisotopic (exact) mass is 280 g/mol. The zero-order valence-corrected chi connectivity index (χ0v) is 10.6. The second-order valence-electron chi connectivity index (χ2n) is 3.41. The molecule has 94 valence electrons. The Bertz CT molecular complexity index is 503. The van der Waals surface area contributed by atoms with Crippen LogP contribution in [0.15, 0.2) is 17.0 Å². The third-order valence-corrected chi connectivity index (χ3v) is 4.15. The molecule has 0 unspecified atom stereocenters. The van der Waals surface area contributed by atoms with Gasteiger partial charge >= 0.3 is 0 Å². The molecule has 0 atom stereocenters. The summed E-state index contributed by atoms with van der Waals surface area (Å²) in [5.74, 6) is -1.81. The molecule has 0 saturated heterocycles. The van der Waals surface area contributed by atoms with E-state index in [-0.39, 0.29) is 22.0 Å². The van der Waals surface area contributed by atoms with Crippen molar-refractivity contribution in [2.24, 2.45) is 0 Å². The van der Waals surface area contributed by atoms with Crippen molar-refractivity contribution < 1.29 is 22.0 Å². The molecule has 17 heavy (non-hydrogen) atoms. The van der Waals surface area contributed by atoms with E-state index in [1.165, 1.54) is 0 Å². The first-order valence-corrected chi connectivity index (χ1v) is 7.63. The molecule has 0 fully saturated rings. The van der Waals surface area contributed by atoms with E-state index in [0.717, 1.165) is 30.2 Å². The summed E-state index contributed by atoms with van der Waals surface area (Å²) in [4.78, 5) is 10.1. The molecule has 0 aromatic heterocycles. The molecule has 7 heteroatoms. The van der Waals surface area contributed by atoms with Gasteiger partial charge in [-0.1, -0.05) is 0 Å². The average Bonchev–Trinajstić information content (AvgIpc) is 2.20. The molecule has 0 radical (unpaired) electrons. The van der Waals surface area contributed by atoms with Crippen molar-refractivity contribution in [3.63, 3.8) is 0 Å². The molecular formula is C10H10F2O3S2. The van der Waals surface area contributed by atoms with Crippen molar-refractivity contribution in [2.45, 2.75) is 4.90 Å². The third-order valence-electron chi connectivity index (χ3n) is 1.86. The standard InChI is InChI=1S/C10H10F2O3S2/c1-17(14,15)3-2-16-10-8(11)4-7(6-13)5-9(10)12/h4-6H,2-3H2,1H3. The fourth-order valence-electron chi connectivity index (χ4n) is 1.08. The minimum Gasteiger partial charge on any atom is -0.298 e. The van der Waals surface area contributed by atoms with Crippen LogP contribution in [-0.4, -0.2) is 32.5 Å². The summed E-state index contributed by atoms with van der Waals surface area (Å²) in [6, 6.07) is 1.83. The number of halogens is 2. The van der Waals surface area contributed by atoms with Gasteiger partial charge < -0.3 is 0 Å². The number of carbonyl (C=O) groups is 1. The Balaban J connectivity index is 2.82. The first-order valence-electron chi connectivity index (χ1n) is 4.58. The number of hydrogen-bond donors (Lipinski definition) is 0. The third kappa shape index (κ3) is 4.43. The number of hydrogen-bond acceptors (Lipinski definition) is 4. The van der Waals surface area contributed by atoms with Crippen LogP contribution in [0.3, 0.4) is 0 Å². The predicted molar refractivity (Wildman–Crippen MR) is 62.2 cm³/mol. The Labute approximate surface area is 102 Å². The van der Waals surface area contributed by atoms with Crippen LogP contribution in [-0.2, 0) is 9.84 Å². The number of rotatable bonds is 5. The summed E-state index contributed by atoms with van der Waals surface area (Å²) in [6.45, 7) is 0. The van der Waals surface area contributed by atoms with E-state index < -0.39 is 21.5 Å². The van der Waals surface area contributed by atoms with Crippen molar-refractivity contribution in [1.29, 1.82) is 0 Å². The zero-order chi connectivity index (χ0) is 13.1. The maximum Gasteiger partial charge on any atom is 0.150 e. The smallest absolute Gasteiger partial charge is 0.150 e. The van der Waals surface area contributed by atoms with Gasteiger partial charge in [0.2, 0.25) is 0 Å². The van der Waals surface area contributed by atoms with Gasteiger partial charge in [-0.25, -0.2) is 17.2 Å². The van der Waals surface area contributed by atoms with Gasteiger partial charge in [-0.15, -0.1) is 11.8 Å². The summed E-state index contributed by atoms with van der Waals surface area (Å²) in [5.41, 5.74) is -0.0903. The number of thioether (sulfide) groups is 1. The van der Waals surface area contributed by atoms with Crippen LogP contribution in [0.4, 0.5) is 8.78 Å². The maximum absolute atomic E-state index is 13.3. The Morgan fingerprint density at radius 2 is 1.82 bits per heavy atom. The number of benzene rings is 1. The SMILES string of the molecule is CS(=O)(=O)CCSc1c(F)cc(C=O)cc1F. The highest BCUT2D eigenvalue weighted by atomic mass is 32.2. The first kappa shape index (κ1) is 14.1. The van der Waals surface area contributed by atoms with Gasteiger partial charge in [0.15, 0.2) is 0 Å². The molecule has 0 aliphatic rings. The van der Waals surface area contributed by atoms with Crippen LogP contribution in [0.1, 0.15) is 10.4 Å². The van der Waals surface area contributed by atoms with Crippen molar-refractivity contribution in [3.05, 3.63) is 29.3 Å². The Morgan fingerprint density at radius 1 is 1.29 bits per heavy atom. The minimum absolute atomic E-state index is 0.0626. The highest BCUT2D eigenvalue weighted by molar-refractivity contribution is 8.00.